The zero-order valence-electron chi connectivity index (χ0n) is 19.9. The Balaban J connectivity index is 1.72. The summed E-state index contributed by atoms with van der Waals surface area (Å²) in [5.41, 5.74) is -3.87. The molecule has 196 valence electrons. The molecule has 4 N–H and O–H groups in total. The number of carbonyl (C=O) groups excluding carboxylic acids is 3. The predicted octanol–water partition coefficient (Wildman–Crippen LogP) is 3.02. The smallest absolute Gasteiger partial charge is 0.311 e. The Bertz CT molecular complexity index is 1710. The molecule has 2 aromatic carbocycles. The first-order valence-electron chi connectivity index (χ1n) is 11.8. The Hall–Kier alpha value is -5.03. The van der Waals surface area contributed by atoms with Gasteiger partial charge in [-0.1, -0.05) is 24.3 Å². The van der Waals surface area contributed by atoms with Crippen LogP contribution >= 0.6 is 0 Å². The lowest BCUT2D eigenvalue weighted by atomic mass is 9.65. The van der Waals surface area contributed by atoms with Gasteiger partial charge >= 0.3 is 11.9 Å². The first-order valence-corrected chi connectivity index (χ1v) is 11.8. The number of hydrogen-bond donors (Lipinski definition) is 4. The summed E-state index contributed by atoms with van der Waals surface area (Å²) in [6, 6.07) is 9.25. The van der Waals surface area contributed by atoms with Crippen LogP contribution in [0.3, 0.4) is 0 Å². The number of hydrogen-bond acceptors (Lipinski definition) is 9. The number of carboxylic acids is 2. The number of Topliss-reactive ketones (excluding diaryl/α,β-unsaturated/α-hetero) is 3. The van der Waals surface area contributed by atoms with Gasteiger partial charge in [-0.05, 0) is 18.2 Å². The van der Waals surface area contributed by atoms with E-state index >= 15 is 0 Å². The summed E-state index contributed by atoms with van der Waals surface area (Å²) in [6.07, 6.45) is -2.83. The molecule has 2 heterocycles. The minimum Gasteiger partial charge on any atom is -0.507 e. The van der Waals surface area contributed by atoms with Crippen molar-refractivity contribution >= 4 is 29.3 Å². The second kappa shape index (κ2) is 8.23. The molecule has 0 bridgehead atoms. The molecule has 1 aliphatic heterocycles. The van der Waals surface area contributed by atoms with Crippen LogP contribution in [-0.4, -0.2) is 55.8 Å². The molecule has 11 heteroatoms. The monoisotopic (exact) mass is 530 g/mol. The van der Waals surface area contributed by atoms with E-state index < -0.39 is 70.9 Å². The van der Waals surface area contributed by atoms with Crippen molar-refractivity contribution in [3.63, 3.8) is 0 Å². The quantitative estimate of drug-likeness (QED) is 0.388. The van der Waals surface area contributed by atoms with Crippen LogP contribution in [0.5, 0.6) is 11.5 Å². The SMILES string of the molecule is O=C(O)Cc1cc2c(o1)-c1cccc(O)c1C(=O)[C@@]21O[C@H](CC(=O)O)CC2=C1C(=O)c1c(O)cccc1C2=O. The van der Waals surface area contributed by atoms with Gasteiger partial charge in [0.25, 0.3) is 0 Å². The highest BCUT2D eigenvalue weighted by molar-refractivity contribution is 6.32. The Morgan fingerprint density at radius 2 is 1.56 bits per heavy atom. The number of aromatic hydroxyl groups is 2. The first kappa shape index (κ1) is 24.3. The molecule has 3 aliphatic rings. The van der Waals surface area contributed by atoms with E-state index in [2.05, 4.69) is 0 Å². The highest BCUT2D eigenvalue weighted by Gasteiger charge is 2.61. The van der Waals surface area contributed by atoms with Crippen molar-refractivity contribution in [1.29, 1.82) is 0 Å². The summed E-state index contributed by atoms with van der Waals surface area (Å²) in [5, 5.41) is 40.2. The van der Waals surface area contributed by atoms with E-state index in [9.17, 15) is 44.4 Å². The molecule has 1 aromatic heterocycles. The number of furan rings is 1. The summed E-state index contributed by atoms with van der Waals surface area (Å²) in [4.78, 5) is 65.3. The van der Waals surface area contributed by atoms with Crippen LogP contribution in [0.2, 0.25) is 0 Å². The van der Waals surface area contributed by atoms with Crippen molar-refractivity contribution in [3.8, 4) is 22.8 Å². The standard InChI is InChI=1S/C28H18O11/c29-17-5-1-3-13-21(17)25(36)23-15(24(13)35)7-12(10-20(33)34)39-28(23)16-8-11(9-19(31)32)38-26(16)14-4-2-6-18(30)22(14)27(28)37/h1-6,8,12,29-30H,7,9-10H2,(H,31,32)(H,33,34)/t12-,28+/m0/s1. The minimum absolute atomic E-state index is 0.0806. The van der Waals surface area contributed by atoms with E-state index in [4.69, 9.17) is 9.15 Å². The molecule has 0 saturated carbocycles. The Kier molecular flexibility index (Phi) is 5.13. The molecule has 0 saturated heterocycles. The lowest BCUT2D eigenvalue weighted by molar-refractivity contribution is -0.143. The number of aliphatic carboxylic acids is 2. The fourth-order valence-electron chi connectivity index (χ4n) is 5.73. The maximum absolute atomic E-state index is 14.4. The number of carboxylic acid groups (broad SMARTS) is 2. The van der Waals surface area contributed by atoms with E-state index in [0.717, 1.165) is 0 Å². The summed E-state index contributed by atoms with van der Waals surface area (Å²) >= 11 is 0. The summed E-state index contributed by atoms with van der Waals surface area (Å²) in [7, 11) is 0. The van der Waals surface area contributed by atoms with Crippen LogP contribution < -0.4 is 0 Å². The second-order valence-corrected chi connectivity index (χ2v) is 9.49. The van der Waals surface area contributed by atoms with E-state index in [0.29, 0.717) is 0 Å². The molecule has 1 spiro atoms. The van der Waals surface area contributed by atoms with E-state index in [-0.39, 0.29) is 51.3 Å². The third-order valence-corrected chi connectivity index (χ3v) is 7.17. The number of carbonyl (C=O) groups is 5. The fourth-order valence-corrected chi connectivity index (χ4v) is 5.73. The topological polar surface area (TPSA) is 189 Å². The zero-order valence-corrected chi connectivity index (χ0v) is 19.9. The van der Waals surface area contributed by atoms with Crippen molar-refractivity contribution < 1.29 is 53.6 Å². The molecule has 0 amide bonds. The van der Waals surface area contributed by atoms with Crippen LogP contribution in [0, 0.1) is 0 Å². The van der Waals surface area contributed by atoms with Crippen LogP contribution in [0.1, 0.15) is 55.2 Å². The molecule has 11 nitrogen and oxygen atoms in total. The summed E-state index contributed by atoms with van der Waals surface area (Å²) < 4.78 is 12.0. The highest BCUT2D eigenvalue weighted by atomic mass is 16.5. The molecule has 2 atom stereocenters. The Morgan fingerprint density at radius 1 is 0.897 bits per heavy atom. The van der Waals surface area contributed by atoms with Crippen molar-refractivity contribution in [2.75, 3.05) is 0 Å². The van der Waals surface area contributed by atoms with Gasteiger partial charge in [0.05, 0.1) is 29.2 Å². The third-order valence-electron chi connectivity index (χ3n) is 7.17. The number of phenols is 2. The molecule has 3 aromatic rings. The zero-order chi connectivity index (χ0) is 27.8. The number of phenolic OH excluding ortho intramolecular Hbond substituents is 2. The van der Waals surface area contributed by atoms with Gasteiger partial charge in [-0.25, -0.2) is 0 Å². The Labute approximate surface area is 218 Å². The normalized spacial score (nSPS) is 21.3. The molecule has 39 heavy (non-hydrogen) atoms. The van der Waals surface area contributed by atoms with E-state index in [1.807, 2.05) is 0 Å². The van der Waals surface area contributed by atoms with Crippen molar-refractivity contribution in [2.45, 2.75) is 31.0 Å². The maximum atomic E-state index is 14.4. The average Bonchev–Trinajstić information content (AvgIpc) is 3.29. The molecular weight excluding hydrogens is 512 g/mol. The van der Waals surface area contributed by atoms with Gasteiger partial charge in [-0.3, -0.25) is 24.0 Å². The highest BCUT2D eigenvalue weighted by Crippen LogP contribution is 2.56. The van der Waals surface area contributed by atoms with Gasteiger partial charge in [-0.15, -0.1) is 0 Å². The van der Waals surface area contributed by atoms with E-state index in [1.165, 1.54) is 42.5 Å². The number of ketones is 3. The largest absolute Gasteiger partial charge is 0.507 e. The number of ether oxygens (including phenoxy) is 1. The number of benzene rings is 2. The van der Waals surface area contributed by atoms with Gasteiger partial charge < -0.3 is 29.6 Å². The summed E-state index contributed by atoms with van der Waals surface area (Å²) in [6.45, 7) is 0. The van der Waals surface area contributed by atoms with Crippen LogP contribution in [0.15, 0.2) is 58.0 Å². The van der Waals surface area contributed by atoms with Gasteiger partial charge in [-0.2, -0.15) is 0 Å². The number of rotatable bonds is 4. The molecular formula is C28H18O11. The molecule has 0 radical (unpaired) electrons. The van der Waals surface area contributed by atoms with Crippen LogP contribution in [-0.2, 0) is 26.3 Å². The van der Waals surface area contributed by atoms with Crippen LogP contribution in [0.4, 0.5) is 0 Å². The van der Waals surface area contributed by atoms with Crippen molar-refractivity contribution in [2.24, 2.45) is 0 Å². The van der Waals surface area contributed by atoms with Gasteiger partial charge in [0.1, 0.15) is 29.4 Å². The van der Waals surface area contributed by atoms with Gasteiger partial charge in [0, 0.05) is 28.7 Å². The predicted molar refractivity (Wildman–Crippen MR) is 129 cm³/mol. The Morgan fingerprint density at radius 3 is 2.23 bits per heavy atom. The first-order chi connectivity index (χ1) is 18.5. The second-order valence-electron chi connectivity index (χ2n) is 9.49. The van der Waals surface area contributed by atoms with Crippen LogP contribution in [0.25, 0.3) is 11.3 Å². The van der Waals surface area contributed by atoms with Gasteiger partial charge in [0.15, 0.2) is 17.2 Å². The average molecular weight is 530 g/mol. The molecule has 0 unspecified atom stereocenters. The molecule has 2 aliphatic carbocycles. The third kappa shape index (κ3) is 3.29. The minimum atomic E-state index is -2.47. The van der Waals surface area contributed by atoms with Crippen molar-refractivity contribution in [3.05, 3.63) is 81.6 Å². The maximum Gasteiger partial charge on any atom is 0.311 e. The van der Waals surface area contributed by atoms with Crippen molar-refractivity contribution in [1.82, 2.24) is 0 Å². The number of fused-ring (bicyclic) bond motifs is 6. The summed E-state index contributed by atoms with van der Waals surface area (Å²) in [5.74, 6) is -6.30. The lowest BCUT2D eigenvalue weighted by Crippen LogP contribution is -2.52. The molecule has 6 rings (SSSR count). The van der Waals surface area contributed by atoms with E-state index in [1.54, 1.807) is 0 Å². The molecule has 0 fully saturated rings. The lowest BCUT2D eigenvalue weighted by Gasteiger charge is -2.45. The fraction of sp³-hybridized carbons (Fsp3) is 0.179. The van der Waals surface area contributed by atoms with Gasteiger partial charge in [0.2, 0.25) is 5.78 Å².